The fraction of sp³-hybridized carbons (Fsp3) is 0.115. The maximum atomic E-state index is 12.7. The summed E-state index contributed by atoms with van der Waals surface area (Å²) in [6.07, 6.45) is 2.46. The lowest BCUT2D eigenvalue weighted by molar-refractivity contribution is 0.0465. The van der Waals surface area contributed by atoms with E-state index in [1.165, 1.54) is 22.9 Å². The number of ether oxygens (including phenoxy) is 2. The number of carbonyl (C=O) groups is 2. The maximum absolute atomic E-state index is 12.7. The highest BCUT2D eigenvalue weighted by Gasteiger charge is 2.23. The zero-order valence-corrected chi connectivity index (χ0v) is 17.4. The van der Waals surface area contributed by atoms with E-state index in [9.17, 15) is 9.59 Å². The van der Waals surface area contributed by atoms with Gasteiger partial charge in [-0.2, -0.15) is 5.10 Å². The van der Waals surface area contributed by atoms with Crippen LogP contribution in [0.3, 0.4) is 0 Å². The minimum Gasteiger partial charge on any atom is -0.493 e. The second kappa shape index (κ2) is 8.15. The summed E-state index contributed by atoms with van der Waals surface area (Å²) < 4.78 is 12.1. The van der Waals surface area contributed by atoms with Crippen molar-refractivity contribution < 1.29 is 19.1 Å². The topological polar surface area (TPSA) is 70.4 Å². The molecular formula is C26H20N2O4. The molecule has 0 atom stereocenters. The van der Waals surface area contributed by atoms with Crippen LogP contribution >= 0.6 is 0 Å². The van der Waals surface area contributed by atoms with Gasteiger partial charge < -0.3 is 9.47 Å². The summed E-state index contributed by atoms with van der Waals surface area (Å²) >= 11 is 0. The number of methoxy groups -OCH3 is 1. The van der Waals surface area contributed by atoms with Gasteiger partial charge in [0.15, 0.2) is 18.1 Å². The summed E-state index contributed by atoms with van der Waals surface area (Å²) in [5, 5.41) is 4.28. The Morgan fingerprint density at radius 2 is 1.69 bits per heavy atom. The minimum absolute atomic E-state index is 0.0204. The lowest BCUT2D eigenvalue weighted by atomic mass is 10.0. The highest BCUT2D eigenvalue weighted by Crippen LogP contribution is 2.36. The maximum Gasteiger partial charge on any atom is 0.363 e. The number of ketones is 1. The molecule has 5 rings (SSSR count). The van der Waals surface area contributed by atoms with Crippen LogP contribution < -0.4 is 4.74 Å². The van der Waals surface area contributed by atoms with Crippen LogP contribution in [0.15, 0.2) is 79.0 Å². The Kier molecular flexibility index (Phi) is 5.03. The molecule has 0 saturated carbocycles. The second-order valence-electron chi connectivity index (χ2n) is 7.53. The lowest BCUT2D eigenvalue weighted by Crippen LogP contribution is -2.15. The molecule has 0 amide bonds. The third-order valence-electron chi connectivity index (χ3n) is 5.57. The number of benzene rings is 3. The molecule has 0 spiro atoms. The van der Waals surface area contributed by atoms with Crippen LogP contribution in [0.1, 0.15) is 32.0 Å². The van der Waals surface area contributed by atoms with Crippen molar-refractivity contribution >= 4 is 11.8 Å². The number of rotatable bonds is 6. The van der Waals surface area contributed by atoms with E-state index >= 15 is 0 Å². The van der Waals surface area contributed by atoms with Crippen molar-refractivity contribution in [3.8, 4) is 22.6 Å². The van der Waals surface area contributed by atoms with E-state index in [1.54, 1.807) is 12.3 Å². The molecular weight excluding hydrogens is 404 g/mol. The molecule has 0 aliphatic heterocycles. The van der Waals surface area contributed by atoms with Crippen LogP contribution in [0.2, 0.25) is 0 Å². The predicted octanol–water partition coefficient (Wildman–Crippen LogP) is 4.49. The largest absolute Gasteiger partial charge is 0.493 e. The average molecular weight is 424 g/mol. The second-order valence-corrected chi connectivity index (χ2v) is 7.53. The molecule has 1 aliphatic carbocycles. The van der Waals surface area contributed by atoms with Crippen LogP contribution in [0.25, 0.3) is 16.8 Å². The Morgan fingerprint density at radius 3 is 2.50 bits per heavy atom. The van der Waals surface area contributed by atoms with Crippen LogP contribution in [0, 0.1) is 0 Å². The molecule has 0 unspecified atom stereocenters. The number of esters is 1. The standard InChI is InChI=1S/C26H20N2O4/c1-31-24-15-28(20-8-3-2-4-9-20)27-25(24)26(30)32-16-23(29)19-12-11-18-13-17-7-5-6-10-21(17)22(18)14-19/h2-12,14-15H,13,16H2,1H3. The molecule has 0 radical (unpaired) electrons. The highest BCUT2D eigenvalue weighted by molar-refractivity contribution is 6.01. The molecule has 0 bridgehead atoms. The third kappa shape index (κ3) is 3.56. The van der Waals surface area contributed by atoms with Crippen LogP contribution in [-0.4, -0.2) is 35.2 Å². The van der Waals surface area contributed by atoms with Gasteiger partial charge in [-0.3, -0.25) is 4.79 Å². The number of Topliss-reactive ketones (excluding diaryl/α,β-unsaturated/α-hetero) is 1. The molecule has 1 heterocycles. The number of hydrogen-bond acceptors (Lipinski definition) is 5. The number of nitrogens with zero attached hydrogens (tertiary/aromatic N) is 2. The summed E-state index contributed by atoms with van der Waals surface area (Å²) in [4.78, 5) is 25.4. The lowest BCUT2D eigenvalue weighted by Gasteiger charge is -2.06. The molecule has 1 aromatic heterocycles. The van der Waals surface area contributed by atoms with Crippen molar-refractivity contribution in [3.05, 3.63) is 101 Å². The molecule has 0 N–H and O–H groups in total. The minimum atomic E-state index is -0.712. The van der Waals surface area contributed by atoms with Crippen molar-refractivity contribution in [1.82, 2.24) is 9.78 Å². The highest BCUT2D eigenvalue weighted by atomic mass is 16.5. The summed E-state index contributed by atoms with van der Waals surface area (Å²) in [5.74, 6) is -0.705. The Balaban J connectivity index is 1.31. The molecule has 6 nitrogen and oxygen atoms in total. The van der Waals surface area contributed by atoms with Gasteiger partial charge in [0.05, 0.1) is 19.0 Å². The summed E-state index contributed by atoms with van der Waals surface area (Å²) in [6, 6.07) is 23.1. The van der Waals surface area contributed by atoms with Crippen molar-refractivity contribution in [2.24, 2.45) is 0 Å². The van der Waals surface area contributed by atoms with E-state index in [2.05, 4.69) is 17.2 Å². The van der Waals surface area contributed by atoms with Gasteiger partial charge in [0, 0.05) is 5.56 Å². The summed E-state index contributed by atoms with van der Waals surface area (Å²) in [5.41, 5.74) is 5.95. The Labute approximate surface area is 185 Å². The molecule has 0 saturated heterocycles. The van der Waals surface area contributed by atoms with Gasteiger partial charge in [0.1, 0.15) is 0 Å². The number of fused-ring (bicyclic) bond motifs is 3. The van der Waals surface area contributed by atoms with E-state index in [4.69, 9.17) is 9.47 Å². The summed E-state index contributed by atoms with van der Waals surface area (Å²) in [6.45, 7) is -0.374. The smallest absolute Gasteiger partial charge is 0.363 e. The number of hydrogen-bond donors (Lipinski definition) is 0. The quantitative estimate of drug-likeness (QED) is 0.297. The van der Waals surface area contributed by atoms with Crippen molar-refractivity contribution in [1.29, 1.82) is 0 Å². The first-order chi connectivity index (χ1) is 15.6. The van der Waals surface area contributed by atoms with E-state index in [-0.39, 0.29) is 23.8 Å². The third-order valence-corrected chi connectivity index (χ3v) is 5.57. The van der Waals surface area contributed by atoms with Gasteiger partial charge in [-0.1, -0.05) is 54.6 Å². The fourth-order valence-electron chi connectivity index (χ4n) is 3.94. The summed E-state index contributed by atoms with van der Waals surface area (Å²) in [7, 11) is 1.46. The first-order valence-corrected chi connectivity index (χ1v) is 10.2. The number of aromatic nitrogens is 2. The number of para-hydroxylation sites is 1. The number of carbonyl (C=O) groups excluding carboxylic acids is 2. The zero-order valence-electron chi connectivity index (χ0n) is 17.4. The molecule has 32 heavy (non-hydrogen) atoms. The molecule has 3 aromatic carbocycles. The molecule has 0 fully saturated rings. The fourth-order valence-corrected chi connectivity index (χ4v) is 3.94. The van der Waals surface area contributed by atoms with E-state index in [1.807, 2.05) is 54.6 Å². The Bertz CT molecular complexity index is 1320. The van der Waals surface area contributed by atoms with Gasteiger partial charge in [0.25, 0.3) is 0 Å². The van der Waals surface area contributed by atoms with E-state index < -0.39 is 5.97 Å². The first kappa shape index (κ1) is 19.8. The van der Waals surface area contributed by atoms with E-state index in [0.29, 0.717) is 5.56 Å². The molecule has 158 valence electrons. The van der Waals surface area contributed by atoms with Gasteiger partial charge in [-0.25, -0.2) is 9.48 Å². The van der Waals surface area contributed by atoms with Crippen LogP contribution in [0.5, 0.6) is 5.75 Å². The predicted molar refractivity (Wildman–Crippen MR) is 119 cm³/mol. The normalized spacial score (nSPS) is 11.5. The molecule has 6 heteroatoms. The Morgan fingerprint density at radius 1 is 0.938 bits per heavy atom. The van der Waals surface area contributed by atoms with E-state index in [0.717, 1.165) is 23.2 Å². The SMILES string of the molecule is COc1cn(-c2ccccc2)nc1C(=O)OCC(=O)c1ccc2c(c1)-c1ccccc1C2. The van der Waals surface area contributed by atoms with Gasteiger partial charge in [0.2, 0.25) is 5.69 Å². The first-order valence-electron chi connectivity index (χ1n) is 10.2. The van der Waals surface area contributed by atoms with Gasteiger partial charge >= 0.3 is 5.97 Å². The van der Waals surface area contributed by atoms with Crippen LogP contribution in [0.4, 0.5) is 0 Å². The average Bonchev–Trinajstić information content (AvgIpc) is 3.44. The molecule has 4 aromatic rings. The Hall–Kier alpha value is -4.19. The van der Waals surface area contributed by atoms with Crippen molar-refractivity contribution in [2.75, 3.05) is 13.7 Å². The monoisotopic (exact) mass is 424 g/mol. The van der Waals surface area contributed by atoms with Gasteiger partial charge in [-0.05, 0) is 46.9 Å². The van der Waals surface area contributed by atoms with Gasteiger partial charge in [-0.15, -0.1) is 0 Å². The zero-order chi connectivity index (χ0) is 22.1. The van der Waals surface area contributed by atoms with Crippen LogP contribution in [-0.2, 0) is 11.2 Å². The molecule has 1 aliphatic rings. The van der Waals surface area contributed by atoms with Crippen molar-refractivity contribution in [2.45, 2.75) is 6.42 Å². The van der Waals surface area contributed by atoms with Crippen molar-refractivity contribution in [3.63, 3.8) is 0 Å².